The minimum atomic E-state index is -0.122. The van der Waals surface area contributed by atoms with E-state index in [2.05, 4.69) is 16.3 Å². The van der Waals surface area contributed by atoms with Crippen LogP contribution in [0.3, 0.4) is 0 Å². The fraction of sp³-hybridized carbons (Fsp3) is 0.889. The average Bonchev–Trinajstić information content (AvgIpc) is 1.96. The number of nitriles is 1. The van der Waals surface area contributed by atoms with Crippen molar-refractivity contribution in [3.63, 3.8) is 0 Å². The van der Waals surface area contributed by atoms with Crippen molar-refractivity contribution in [3.05, 3.63) is 0 Å². The largest absolute Gasteiger partial charge is 0.198 e. The molecule has 0 aliphatic carbocycles. The minimum Gasteiger partial charge on any atom is -0.198 e. The molecule has 0 heterocycles. The first kappa shape index (κ1) is 11.1. The molecule has 0 N–H and O–H groups in total. The van der Waals surface area contributed by atoms with Crippen LogP contribution in [0.25, 0.3) is 0 Å². The topological polar surface area (TPSA) is 48.5 Å². The van der Waals surface area contributed by atoms with Crippen LogP contribution in [0.2, 0.25) is 0 Å². The predicted molar refractivity (Wildman–Crippen MR) is 48.9 cm³/mol. The number of azo groups is 1. The van der Waals surface area contributed by atoms with E-state index in [-0.39, 0.29) is 11.6 Å². The molecule has 0 aromatic heterocycles. The van der Waals surface area contributed by atoms with E-state index in [1.165, 1.54) is 0 Å². The highest BCUT2D eigenvalue weighted by atomic mass is 15.2. The van der Waals surface area contributed by atoms with E-state index in [1.54, 1.807) is 0 Å². The van der Waals surface area contributed by atoms with E-state index in [4.69, 9.17) is 5.26 Å². The molecule has 0 saturated heterocycles. The molecule has 0 spiro atoms. The molecule has 0 fully saturated rings. The molecule has 0 radical (unpaired) electrons. The number of rotatable bonds is 3. The van der Waals surface area contributed by atoms with Crippen LogP contribution in [0.15, 0.2) is 10.2 Å². The molecule has 0 aliphatic rings. The van der Waals surface area contributed by atoms with Crippen LogP contribution in [0.1, 0.15) is 40.5 Å². The highest BCUT2D eigenvalue weighted by molar-refractivity contribution is 4.79. The van der Waals surface area contributed by atoms with E-state index in [1.807, 2.05) is 27.7 Å². The third-order valence-electron chi connectivity index (χ3n) is 1.32. The Bertz CT molecular complexity index is 183. The first-order valence-electron chi connectivity index (χ1n) is 4.28. The third-order valence-corrected chi connectivity index (χ3v) is 1.32. The molecular formula is C9H17N3. The molecule has 0 aliphatic heterocycles. The van der Waals surface area contributed by atoms with Gasteiger partial charge in [-0.05, 0) is 27.2 Å². The highest BCUT2D eigenvalue weighted by Gasteiger charge is 2.09. The van der Waals surface area contributed by atoms with Gasteiger partial charge < -0.3 is 0 Å². The van der Waals surface area contributed by atoms with Gasteiger partial charge in [0.25, 0.3) is 0 Å². The van der Waals surface area contributed by atoms with Gasteiger partial charge in [0, 0.05) is 0 Å². The maximum absolute atomic E-state index is 8.45. The molecule has 0 saturated carbocycles. The predicted octanol–water partition coefficient (Wildman–Crippen LogP) is 2.93. The van der Waals surface area contributed by atoms with Crippen molar-refractivity contribution in [2.24, 2.45) is 10.2 Å². The van der Waals surface area contributed by atoms with Gasteiger partial charge in [-0.25, -0.2) is 0 Å². The summed E-state index contributed by atoms with van der Waals surface area (Å²) in [5.41, 5.74) is -0.122. The Balaban J connectivity index is 4.03. The Morgan fingerprint density at radius 2 is 2.00 bits per heavy atom. The molecule has 0 aromatic rings. The van der Waals surface area contributed by atoms with E-state index in [9.17, 15) is 0 Å². The van der Waals surface area contributed by atoms with Crippen molar-refractivity contribution in [3.8, 4) is 6.07 Å². The normalized spacial score (nSPS) is 14.6. The molecule has 0 rings (SSSR count). The molecule has 12 heavy (non-hydrogen) atoms. The maximum atomic E-state index is 8.45. The molecular weight excluding hydrogens is 150 g/mol. The summed E-state index contributed by atoms with van der Waals surface area (Å²) in [6.07, 6.45) is 1.35. The van der Waals surface area contributed by atoms with Crippen LogP contribution in [0.4, 0.5) is 0 Å². The van der Waals surface area contributed by atoms with E-state index in [0.29, 0.717) is 6.42 Å². The van der Waals surface area contributed by atoms with Gasteiger partial charge in [-0.15, -0.1) is 0 Å². The standard InChI is InChI=1S/C9H17N3/c1-5-8(6-7-10)11-12-9(2,3)4/h8H,5-6H2,1-4H3/b12-11+. The quantitative estimate of drug-likeness (QED) is 0.596. The van der Waals surface area contributed by atoms with E-state index in [0.717, 1.165) is 6.42 Å². The van der Waals surface area contributed by atoms with Crippen LogP contribution < -0.4 is 0 Å². The van der Waals surface area contributed by atoms with Gasteiger partial charge in [0.2, 0.25) is 0 Å². The second-order valence-corrected chi connectivity index (χ2v) is 3.81. The van der Waals surface area contributed by atoms with Crippen LogP contribution in [-0.2, 0) is 0 Å². The first-order valence-corrected chi connectivity index (χ1v) is 4.28. The van der Waals surface area contributed by atoms with E-state index < -0.39 is 0 Å². The SMILES string of the molecule is CCC(CC#N)/N=N/C(C)(C)C. The smallest absolute Gasteiger partial charge is 0.0835 e. The Morgan fingerprint density at radius 1 is 1.42 bits per heavy atom. The summed E-state index contributed by atoms with van der Waals surface area (Å²) in [5, 5.41) is 16.7. The molecule has 1 atom stereocenters. The van der Waals surface area contributed by atoms with Gasteiger partial charge in [0.1, 0.15) is 0 Å². The second-order valence-electron chi connectivity index (χ2n) is 3.81. The lowest BCUT2D eigenvalue weighted by Crippen LogP contribution is -2.10. The monoisotopic (exact) mass is 167 g/mol. The van der Waals surface area contributed by atoms with E-state index >= 15 is 0 Å². The van der Waals surface area contributed by atoms with Crippen molar-refractivity contribution < 1.29 is 0 Å². The number of hydrogen-bond acceptors (Lipinski definition) is 3. The fourth-order valence-corrected chi connectivity index (χ4v) is 0.627. The molecule has 3 nitrogen and oxygen atoms in total. The van der Waals surface area contributed by atoms with Gasteiger partial charge >= 0.3 is 0 Å². The Labute approximate surface area is 74.5 Å². The Morgan fingerprint density at radius 3 is 2.33 bits per heavy atom. The maximum Gasteiger partial charge on any atom is 0.0835 e. The average molecular weight is 167 g/mol. The van der Waals surface area contributed by atoms with Crippen molar-refractivity contribution in [2.75, 3.05) is 0 Å². The van der Waals surface area contributed by atoms with Crippen molar-refractivity contribution in [1.82, 2.24) is 0 Å². The minimum absolute atomic E-state index is 0.0780. The van der Waals surface area contributed by atoms with Crippen LogP contribution in [0.5, 0.6) is 0 Å². The zero-order valence-electron chi connectivity index (χ0n) is 8.33. The van der Waals surface area contributed by atoms with Gasteiger partial charge in [0.15, 0.2) is 0 Å². The molecule has 68 valence electrons. The second kappa shape index (κ2) is 4.87. The van der Waals surface area contributed by atoms with Crippen LogP contribution in [0, 0.1) is 11.3 Å². The summed E-state index contributed by atoms with van der Waals surface area (Å²) < 4.78 is 0. The molecule has 3 heteroatoms. The van der Waals surface area contributed by atoms with Crippen molar-refractivity contribution >= 4 is 0 Å². The lowest BCUT2D eigenvalue weighted by Gasteiger charge is -2.11. The summed E-state index contributed by atoms with van der Waals surface area (Å²) in [6, 6.07) is 2.18. The summed E-state index contributed by atoms with van der Waals surface area (Å²) >= 11 is 0. The first-order chi connectivity index (χ1) is 5.49. The summed E-state index contributed by atoms with van der Waals surface area (Å²) in [6.45, 7) is 8.00. The molecule has 0 amide bonds. The van der Waals surface area contributed by atoms with Gasteiger partial charge in [-0.1, -0.05) is 6.92 Å². The molecule has 1 unspecified atom stereocenters. The molecule has 0 bridgehead atoms. The summed E-state index contributed by atoms with van der Waals surface area (Å²) in [4.78, 5) is 0. The number of nitrogens with zero attached hydrogens (tertiary/aromatic N) is 3. The number of hydrogen-bond donors (Lipinski definition) is 0. The van der Waals surface area contributed by atoms with Gasteiger partial charge in [0.05, 0.1) is 24.1 Å². The fourth-order valence-electron chi connectivity index (χ4n) is 0.627. The zero-order valence-corrected chi connectivity index (χ0v) is 8.33. The lowest BCUT2D eigenvalue weighted by molar-refractivity contribution is 0.503. The van der Waals surface area contributed by atoms with Crippen LogP contribution in [-0.4, -0.2) is 11.6 Å². The zero-order chi connectivity index (χ0) is 9.61. The van der Waals surface area contributed by atoms with Crippen molar-refractivity contribution in [2.45, 2.75) is 52.1 Å². The third kappa shape index (κ3) is 5.84. The lowest BCUT2D eigenvalue weighted by atomic mass is 10.1. The summed E-state index contributed by atoms with van der Waals surface area (Å²) in [5.74, 6) is 0. The van der Waals surface area contributed by atoms with Crippen LogP contribution >= 0.6 is 0 Å². The Kier molecular flexibility index (Phi) is 4.50. The molecule has 0 aromatic carbocycles. The highest BCUT2D eigenvalue weighted by Crippen LogP contribution is 2.10. The van der Waals surface area contributed by atoms with Crippen molar-refractivity contribution in [1.29, 1.82) is 5.26 Å². The Hall–Kier alpha value is -0.910. The van der Waals surface area contributed by atoms with Gasteiger partial charge in [-0.3, -0.25) is 0 Å². The van der Waals surface area contributed by atoms with Gasteiger partial charge in [-0.2, -0.15) is 15.5 Å². The summed E-state index contributed by atoms with van der Waals surface area (Å²) in [7, 11) is 0.